The predicted octanol–water partition coefficient (Wildman–Crippen LogP) is 1.32. The van der Waals surface area contributed by atoms with E-state index in [-0.39, 0.29) is 6.03 Å². The van der Waals surface area contributed by atoms with E-state index in [0.29, 0.717) is 11.9 Å². The van der Waals surface area contributed by atoms with Crippen molar-refractivity contribution in [2.75, 3.05) is 5.32 Å². The molecule has 0 aliphatic heterocycles. The summed E-state index contributed by atoms with van der Waals surface area (Å²) >= 11 is 0. The number of nitrogens with one attached hydrogen (secondary N) is 2. The highest BCUT2D eigenvalue weighted by atomic mass is 16.2. The van der Waals surface area contributed by atoms with Crippen LogP contribution in [0.4, 0.5) is 10.6 Å². The molecule has 0 saturated heterocycles. The fraction of sp³-hybridized carbons (Fsp3) is 0.364. The van der Waals surface area contributed by atoms with Gasteiger partial charge in [0.25, 0.3) is 0 Å². The van der Waals surface area contributed by atoms with Crippen molar-refractivity contribution < 1.29 is 4.79 Å². The second-order valence-electron chi connectivity index (χ2n) is 4.25. The van der Waals surface area contributed by atoms with Gasteiger partial charge in [-0.3, -0.25) is 5.32 Å². The van der Waals surface area contributed by atoms with E-state index in [1.807, 2.05) is 19.1 Å². The summed E-state index contributed by atoms with van der Waals surface area (Å²) in [5.41, 5.74) is 1.81. The molecule has 2 amide bonds. The number of aryl methyl sites for hydroxylation is 1. The van der Waals surface area contributed by atoms with Gasteiger partial charge in [0, 0.05) is 11.7 Å². The van der Waals surface area contributed by atoms with Gasteiger partial charge in [0.2, 0.25) is 0 Å². The summed E-state index contributed by atoms with van der Waals surface area (Å²) < 4.78 is 1.75. The molecule has 0 unspecified atom stereocenters. The van der Waals surface area contributed by atoms with Crippen molar-refractivity contribution in [1.82, 2.24) is 19.9 Å². The van der Waals surface area contributed by atoms with Crippen molar-refractivity contribution in [2.45, 2.75) is 25.8 Å². The van der Waals surface area contributed by atoms with Crippen molar-refractivity contribution in [3.8, 4) is 0 Å². The molecule has 6 heteroatoms. The average Bonchev–Trinajstić information content (AvgIpc) is 3.03. The van der Waals surface area contributed by atoms with Crippen LogP contribution in [0, 0.1) is 6.92 Å². The zero-order valence-electron chi connectivity index (χ0n) is 9.47. The van der Waals surface area contributed by atoms with Crippen LogP contribution in [0.25, 0.3) is 5.52 Å². The van der Waals surface area contributed by atoms with Gasteiger partial charge in [-0.25, -0.2) is 14.3 Å². The minimum absolute atomic E-state index is 0.202. The van der Waals surface area contributed by atoms with Crippen LogP contribution in [-0.4, -0.2) is 26.7 Å². The molecule has 0 atom stereocenters. The molecular weight excluding hydrogens is 218 g/mol. The van der Waals surface area contributed by atoms with Crippen LogP contribution in [0.1, 0.15) is 18.5 Å². The van der Waals surface area contributed by atoms with E-state index in [9.17, 15) is 4.79 Å². The van der Waals surface area contributed by atoms with E-state index in [4.69, 9.17) is 0 Å². The zero-order valence-corrected chi connectivity index (χ0v) is 9.47. The van der Waals surface area contributed by atoms with E-state index in [1.165, 1.54) is 6.33 Å². The first-order chi connectivity index (χ1) is 8.24. The number of anilines is 1. The highest BCUT2D eigenvalue weighted by Crippen LogP contribution is 2.19. The third-order valence-electron chi connectivity index (χ3n) is 2.79. The Morgan fingerprint density at radius 1 is 1.47 bits per heavy atom. The molecule has 1 saturated carbocycles. The van der Waals surface area contributed by atoms with E-state index in [0.717, 1.165) is 24.1 Å². The minimum atomic E-state index is -0.202. The maximum atomic E-state index is 11.6. The summed E-state index contributed by atoms with van der Waals surface area (Å²) in [4.78, 5) is 15.7. The SMILES string of the molecule is Cc1ccc2c(NC(=O)NC3CC3)ncnn12. The molecular formula is C11H13N5O. The molecule has 2 heterocycles. The first-order valence-corrected chi connectivity index (χ1v) is 5.61. The lowest BCUT2D eigenvalue weighted by Gasteiger charge is -2.07. The topological polar surface area (TPSA) is 71.3 Å². The molecule has 88 valence electrons. The Kier molecular flexibility index (Phi) is 2.21. The van der Waals surface area contributed by atoms with Crippen molar-refractivity contribution in [3.05, 3.63) is 24.2 Å². The summed E-state index contributed by atoms with van der Waals surface area (Å²) in [6.45, 7) is 1.95. The maximum absolute atomic E-state index is 11.6. The summed E-state index contributed by atoms with van der Waals surface area (Å²) in [7, 11) is 0. The van der Waals surface area contributed by atoms with E-state index in [2.05, 4.69) is 20.7 Å². The van der Waals surface area contributed by atoms with Crippen LogP contribution in [0.3, 0.4) is 0 Å². The van der Waals surface area contributed by atoms with Crippen LogP contribution in [0.2, 0.25) is 0 Å². The highest BCUT2D eigenvalue weighted by molar-refractivity contribution is 5.92. The monoisotopic (exact) mass is 231 g/mol. The first kappa shape index (κ1) is 10.1. The van der Waals surface area contributed by atoms with Crippen LogP contribution >= 0.6 is 0 Å². The summed E-state index contributed by atoms with van der Waals surface area (Å²) in [6.07, 6.45) is 3.57. The van der Waals surface area contributed by atoms with Gasteiger partial charge in [-0.1, -0.05) is 0 Å². The standard InChI is InChI=1S/C11H13N5O/c1-7-2-5-9-10(12-6-13-16(7)9)15-11(17)14-8-3-4-8/h2,5-6,8H,3-4H2,1H3,(H2,12,13,14,15,17). The number of rotatable bonds is 2. The summed E-state index contributed by atoms with van der Waals surface area (Å²) in [6, 6.07) is 3.96. The van der Waals surface area contributed by atoms with Crippen LogP contribution in [0.5, 0.6) is 0 Å². The predicted molar refractivity (Wildman–Crippen MR) is 62.9 cm³/mol. The van der Waals surface area contributed by atoms with Gasteiger partial charge < -0.3 is 5.32 Å². The normalized spacial score (nSPS) is 14.9. The number of hydrogen-bond acceptors (Lipinski definition) is 3. The first-order valence-electron chi connectivity index (χ1n) is 5.61. The zero-order chi connectivity index (χ0) is 11.8. The lowest BCUT2D eigenvalue weighted by atomic mass is 10.4. The van der Waals surface area contributed by atoms with Gasteiger partial charge in [-0.2, -0.15) is 5.10 Å². The van der Waals surface area contributed by atoms with Gasteiger partial charge in [0.1, 0.15) is 11.8 Å². The Morgan fingerprint density at radius 3 is 3.06 bits per heavy atom. The Labute approximate surface area is 98.0 Å². The largest absolute Gasteiger partial charge is 0.335 e. The molecule has 2 N–H and O–H groups in total. The molecule has 2 aromatic rings. The Morgan fingerprint density at radius 2 is 2.29 bits per heavy atom. The number of carbonyl (C=O) groups is 1. The van der Waals surface area contributed by atoms with Gasteiger partial charge in [-0.05, 0) is 31.9 Å². The molecule has 0 radical (unpaired) electrons. The number of hydrogen-bond donors (Lipinski definition) is 2. The highest BCUT2D eigenvalue weighted by Gasteiger charge is 2.23. The van der Waals surface area contributed by atoms with Crippen molar-refractivity contribution in [2.24, 2.45) is 0 Å². The van der Waals surface area contributed by atoms with Gasteiger partial charge in [0.15, 0.2) is 5.82 Å². The molecule has 1 fully saturated rings. The lowest BCUT2D eigenvalue weighted by molar-refractivity contribution is 0.251. The Balaban J connectivity index is 1.86. The van der Waals surface area contributed by atoms with Crippen molar-refractivity contribution >= 4 is 17.4 Å². The molecule has 1 aliphatic rings. The molecule has 3 rings (SSSR count). The quantitative estimate of drug-likeness (QED) is 0.818. The minimum Gasteiger partial charge on any atom is -0.335 e. The number of carbonyl (C=O) groups excluding carboxylic acids is 1. The van der Waals surface area contributed by atoms with Crippen LogP contribution < -0.4 is 10.6 Å². The van der Waals surface area contributed by atoms with Gasteiger partial charge in [0.05, 0.1) is 0 Å². The smallest absolute Gasteiger partial charge is 0.320 e. The van der Waals surface area contributed by atoms with Crippen molar-refractivity contribution in [3.63, 3.8) is 0 Å². The summed E-state index contributed by atoms with van der Waals surface area (Å²) in [5, 5.41) is 9.72. The van der Waals surface area contributed by atoms with E-state index < -0.39 is 0 Å². The molecule has 2 aromatic heterocycles. The average molecular weight is 231 g/mol. The number of urea groups is 1. The fourth-order valence-electron chi connectivity index (χ4n) is 1.72. The number of fused-ring (bicyclic) bond motifs is 1. The van der Waals surface area contributed by atoms with Crippen molar-refractivity contribution in [1.29, 1.82) is 0 Å². The van der Waals surface area contributed by atoms with Gasteiger partial charge >= 0.3 is 6.03 Å². The van der Waals surface area contributed by atoms with E-state index >= 15 is 0 Å². The third kappa shape index (κ3) is 1.93. The number of nitrogens with zero attached hydrogens (tertiary/aromatic N) is 3. The molecule has 0 bridgehead atoms. The molecule has 1 aliphatic carbocycles. The second kappa shape index (κ2) is 3.73. The second-order valence-corrected chi connectivity index (χ2v) is 4.25. The fourth-order valence-corrected chi connectivity index (χ4v) is 1.72. The number of amides is 2. The van der Waals surface area contributed by atoms with Crippen LogP contribution in [0.15, 0.2) is 18.5 Å². The molecule has 17 heavy (non-hydrogen) atoms. The third-order valence-corrected chi connectivity index (χ3v) is 2.79. The molecule has 0 spiro atoms. The number of aromatic nitrogens is 3. The summed E-state index contributed by atoms with van der Waals surface area (Å²) in [5.74, 6) is 0.534. The Bertz CT molecular complexity index is 572. The molecule has 6 nitrogen and oxygen atoms in total. The van der Waals surface area contributed by atoms with E-state index in [1.54, 1.807) is 4.52 Å². The van der Waals surface area contributed by atoms with Crippen LogP contribution in [-0.2, 0) is 0 Å². The molecule has 0 aromatic carbocycles. The lowest BCUT2D eigenvalue weighted by Crippen LogP contribution is -2.30. The maximum Gasteiger partial charge on any atom is 0.320 e. The Hall–Kier alpha value is -2.11. The van der Waals surface area contributed by atoms with Gasteiger partial charge in [-0.15, -0.1) is 0 Å².